The van der Waals surface area contributed by atoms with Gasteiger partial charge in [0.05, 0.1) is 43.1 Å². The van der Waals surface area contributed by atoms with Crippen LogP contribution in [-0.2, 0) is 9.47 Å². The van der Waals surface area contributed by atoms with Gasteiger partial charge >= 0.3 is 0 Å². The molecule has 2 amide bonds. The number of carbonyl (C=O) groups excluding carboxylic acids is 2. The Morgan fingerprint density at radius 1 is 1.08 bits per heavy atom. The SMILES string of the molecule is CC(C)(COCCN1CCOCC1)N1C(=O)c2ccccc2C1=O. The molecule has 24 heavy (non-hydrogen) atoms. The number of hydrogen-bond donors (Lipinski definition) is 0. The Balaban J connectivity index is 1.55. The molecule has 130 valence electrons. The molecule has 0 spiro atoms. The molecule has 2 aliphatic rings. The minimum absolute atomic E-state index is 0.239. The van der Waals surface area contributed by atoms with Gasteiger partial charge < -0.3 is 9.47 Å². The molecule has 0 bridgehead atoms. The zero-order valence-corrected chi connectivity index (χ0v) is 14.3. The van der Waals surface area contributed by atoms with Crippen molar-refractivity contribution in [1.29, 1.82) is 0 Å². The second-order valence-electron chi connectivity index (χ2n) is 6.81. The maximum Gasteiger partial charge on any atom is 0.262 e. The highest BCUT2D eigenvalue weighted by Gasteiger charge is 2.43. The predicted molar refractivity (Wildman–Crippen MR) is 89.1 cm³/mol. The fourth-order valence-corrected chi connectivity index (χ4v) is 3.14. The van der Waals surface area contributed by atoms with Crippen molar-refractivity contribution in [3.8, 4) is 0 Å². The van der Waals surface area contributed by atoms with Crippen LogP contribution in [0.5, 0.6) is 0 Å². The zero-order chi connectivity index (χ0) is 17.2. The molecule has 0 N–H and O–H groups in total. The minimum atomic E-state index is -0.682. The van der Waals surface area contributed by atoms with Crippen LogP contribution in [0.25, 0.3) is 0 Å². The molecule has 2 heterocycles. The van der Waals surface area contributed by atoms with Gasteiger partial charge in [-0.2, -0.15) is 0 Å². The Bertz CT molecular complexity index is 588. The first-order valence-electron chi connectivity index (χ1n) is 8.36. The lowest BCUT2D eigenvalue weighted by Gasteiger charge is -2.34. The van der Waals surface area contributed by atoms with Gasteiger partial charge in [0.1, 0.15) is 0 Å². The molecule has 1 saturated heterocycles. The summed E-state index contributed by atoms with van der Waals surface area (Å²) in [4.78, 5) is 28.7. The van der Waals surface area contributed by atoms with Crippen molar-refractivity contribution in [2.24, 2.45) is 0 Å². The molecule has 0 aliphatic carbocycles. The van der Waals surface area contributed by atoms with Crippen molar-refractivity contribution in [3.05, 3.63) is 35.4 Å². The first kappa shape index (κ1) is 17.1. The summed E-state index contributed by atoms with van der Waals surface area (Å²) in [5, 5.41) is 0. The average molecular weight is 332 g/mol. The molecular weight excluding hydrogens is 308 g/mol. The average Bonchev–Trinajstić information content (AvgIpc) is 2.85. The van der Waals surface area contributed by atoms with E-state index < -0.39 is 5.54 Å². The molecular formula is C18H24N2O4. The highest BCUT2D eigenvalue weighted by molar-refractivity contribution is 6.21. The predicted octanol–water partition coefficient (Wildman–Crippen LogP) is 1.41. The molecule has 1 aromatic carbocycles. The molecule has 6 heteroatoms. The lowest BCUT2D eigenvalue weighted by molar-refractivity contribution is -0.00319. The van der Waals surface area contributed by atoms with E-state index in [2.05, 4.69) is 4.90 Å². The molecule has 2 aliphatic heterocycles. The van der Waals surface area contributed by atoms with Crippen LogP contribution >= 0.6 is 0 Å². The fraction of sp³-hybridized carbons (Fsp3) is 0.556. The molecule has 0 aromatic heterocycles. The van der Waals surface area contributed by atoms with Gasteiger partial charge in [-0.1, -0.05) is 12.1 Å². The Kier molecular flexibility index (Phi) is 4.99. The number of nitrogens with zero attached hydrogens (tertiary/aromatic N) is 2. The molecule has 1 fully saturated rings. The molecule has 0 radical (unpaired) electrons. The van der Waals surface area contributed by atoms with Gasteiger partial charge in [-0.3, -0.25) is 19.4 Å². The van der Waals surface area contributed by atoms with Crippen LogP contribution in [0.1, 0.15) is 34.6 Å². The minimum Gasteiger partial charge on any atom is -0.379 e. The van der Waals surface area contributed by atoms with Crippen molar-refractivity contribution in [3.63, 3.8) is 0 Å². The first-order chi connectivity index (χ1) is 11.5. The van der Waals surface area contributed by atoms with Crippen LogP contribution in [0.2, 0.25) is 0 Å². The third-order valence-electron chi connectivity index (χ3n) is 4.51. The van der Waals surface area contributed by atoms with E-state index >= 15 is 0 Å². The van der Waals surface area contributed by atoms with Crippen LogP contribution in [0.3, 0.4) is 0 Å². The summed E-state index contributed by atoms with van der Waals surface area (Å²) in [6.07, 6.45) is 0. The van der Waals surface area contributed by atoms with Crippen LogP contribution in [0.4, 0.5) is 0 Å². The quantitative estimate of drug-likeness (QED) is 0.582. The lowest BCUT2D eigenvalue weighted by atomic mass is 10.0. The third-order valence-corrected chi connectivity index (χ3v) is 4.51. The van der Waals surface area contributed by atoms with Crippen LogP contribution in [0, 0.1) is 0 Å². The fourth-order valence-electron chi connectivity index (χ4n) is 3.14. The van der Waals surface area contributed by atoms with Gasteiger partial charge in [-0.25, -0.2) is 0 Å². The smallest absolute Gasteiger partial charge is 0.262 e. The molecule has 0 saturated carbocycles. The summed E-state index contributed by atoms with van der Waals surface area (Å²) in [6, 6.07) is 6.95. The molecule has 3 rings (SSSR count). The molecule has 1 aromatic rings. The van der Waals surface area contributed by atoms with Crippen molar-refractivity contribution >= 4 is 11.8 Å². The van der Waals surface area contributed by atoms with Gasteiger partial charge in [-0.05, 0) is 26.0 Å². The van der Waals surface area contributed by atoms with Crippen molar-refractivity contribution < 1.29 is 19.1 Å². The number of fused-ring (bicyclic) bond motifs is 1. The summed E-state index contributed by atoms with van der Waals surface area (Å²) in [5.41, 5.74) is 0.269. The summed E-state index contributed by atoms with van der Waals surface area (Å²) in [5.74, 6) is -0.477. The van der Waals surface area contributed by atoms with Gasteiger partial charge in [0.15, 0.2) is 0 Å². The highest BCUT2D eigenvalue weighted by Crippen LogP contribution is 2.29. The van der Waals surface area contributed by atoms with E-state index in [1.807, 2.05) is 13.8 Å². The van der Waals surface area contributed by atoms with Crippen LogP contribution in [-0.4, -0.2) is 73.2 Å². The first-order valence-corrected chi connectivity index (χ1v) is 8.36. The second-order valence-corrected chi connectivity index (χ2v) is 6.81. The van der Waals surface area contributed by atoms with Gasteiger partial charge in [-0.15, -0.1) is 0 Å². The number of rotatable bonds is 6. The number of carbonyl (C=O) groups is 2. The van der Waals surface area contributed by atoms with E-state index in [1.165, 1.54) is 4.90 Å². The topological polar surface area (TPSA) is 59.1 Å². The monoisotopic (exact) mass is 332 g/mol. The largest absolute Gasteiger partial charge is 0.379 e. The van der Waals surface area contributed by atoms with Gasteiger partial charge in [0.25, 0.3) is 11.8 Å². The Morgan fingerprint density at radius 2 is 1.67 bits per heavy atom. The third kappa shape index (κ3) is 3.36. The number of morpholine rings is 1. The zero-order valence-electron chi connectivity index (χ0n) is 14.3. The van der Waals surface area contributed by atoms with Gasteiger partial charge in [0.2, 0.25) is 0 Å². The van der Waals surface area contributed by atoms with E-state index in [1.54, 1.807) is 24.3 Å². The number of hydrogen-bond acceptors (Lipinski definition) is 5. The molecule has 0 atom stereocenters. The van der Waals surface area contributed by atoms with Crippen LogP contribution < -0.4 is 0 Å². The standard InChI is InChI=1S/C18H24N2O4/c1-18(2,13-24-12-9-19-7-10-23-11-8-19)20-16(21)14-5-3-4-6-15(14)17(20)22/h3-6H,7-13H2,1-2H3. The van der Waals surface area contributed by atoms with E-state index in [0.29, 0.717) is 24.3 Å². The maximum atomic E-state index is 12.6. The Hall–Kier alpha value is -1.76. The lowest BCUT2D eigenvalue weighted by Crippen LogP contribution is -2.51. The van der Waals surface area contributed by atoms with Gasteiger partial charge in [0, 0.05) is 19.6 Å². The van der Waals surface area contributed by atoms with E-state index in [9.17, 15) is 9.59 Å². The van der Waals surface area contributed by atoms with Crippen molar-refractivity contribution in [2.75, 3.05) is 46.1 Å². The maximum absolute atomic E-state index is 12.6. The normalized spacial score (nSPS) is 19.0. The Morgan fingerprint density at radius 3 is 2.25 bits per heavy atom. The van der Waals surface area contributed by atoms with Crippen molar-refractivity contribution in [1.82, 2.24) is 9.80 Å². The summed E-state index contributed by atoms with van der Waals surface area (Å²) in [7, 11) is 0. The van der Waals surface area contributed by atoms with E-state index in [4.69, 9.17) is 9.47 Å². The van der Waals surface area contributed by atoms with Crippen molar-refractivity contribution in [2.45, 2.75) is 19.4 Å². The Labute approximate surface area is 142 Å². The second kappa shape index (κ2) is 7.01. The molecule has 0 unspecified atom stereocenters. The number of imide groups is 1. The summed E-state index contributed by atoms with van der Waals surface area (Å²) in [6.45, 7) is 8.83. The number of benzene rings is 1. The van der Waals surface area contributed by atoms with E-state index in [-0.39, 0.29) is 11.8 Å². The number of amides is 2. The van der Waals surface area contributed by atoms with E-state index in [0.717, 1.165) is 32.8 Å². The highest BCUT2D eigenvalue weighted by atomic mass is 16.5. The summed E-state index contributed by atoms with van der Waals surface area (Å²) >= 11 is 0. The molecule has 6 nitrogen and oxygen atoms in total. The number of ether oxygens (including phenoxy) is 2. The van der Waals surface area contributed by atoms with Crippen LogP contribution in [0.15, 0.2) is 24.3 Å². The summed E-state index contributed by atoms with van der Waals surface area (Å²) < 4.78 is 11.1.